The minimum Gasteiger partial charge on any atom is -0.465 e. The maximum atomic E-state index is 11.3. The van der Waals surface area contributed by atoms with Crippen molar-refractivity contribution in [1.29, 1.82) is 0 Å². The number of hydrogen-bond donors (Lipinski definition) is 2. The van der Waals surface area contributed by atoms with Crippen LogP contribution in [0.15, 0.2) is 0 Å². The summed E-state index contributed by atoms with van der Waals surface area (Å²) in [7, 11) is 0. The van der Waals surface area contributed by atoms with Gasteiger partial charge >= 0.3 is 5.97 Å². The second-order valence-corrected chi connectivity index (χ2v) is 2.84. The van der Waals surface area contributed by atoms with Gasteiger partial charge in [0, 0.05) is 0 Å². The molecular formula is C8H17ClN2O2. The fraction of sp³-hybridized carbons (Fsp3) is 0.875. The maximum absolute atomic E-state index is 11.3. The van der Waals surface area contributed by atoms with Gasteiger partial charge < -0.3 is 10.5 Å². The zero-order chi connectivity index (χ0) is 10.1. The first-order valence-corrected chi connectivity index (χ1v) is 4.95. The Bertz CT molecular complexity index is 144. The molecule has 0 aliphatic rings. The molecule has 0 heterocycles. The summed E-state index contributed by atoms with van der Waals surface area (Å²) in [6.45, 7) is 2.74. The lowest BCUT2D eigenvalue weighted by Gasteiger charge is -2.14. The van der Waals surface area contributed by atoms with Crippen LogP contribution < -0.4 is 11.1 Å². The number of esters is 1. The highest BCUT2D eigenvalue weighted by atomic mass is 35.5. The molecule has 1 atom stereocenters. The lowest BCUT2D eigenvalue weighted by molar-refractivity contribution is -0.145. The second kappa shape index (κ2) is 8.29. The average Bonchev–Trinajstić information content (AvgIpc) is 2.12. The maximum Gasteiger partial charge on any atom is 0.323 e. The molecule has 0 saturated carbocycles. The highest BCUT2D eigenvalue weighted by molar-refractivity contribution is 6.17. The molecule has 0 rings (SSSR count). The third-order valence-corrected chi connectivity index (χ3v) is 1.75. The Morgan fingerprint density at radius 3 is 2.85 bits per heavy atom. The standard InChI is InChI=1S/C8H17ClN2O2/c1-2-13-8(12)7(11-6-9)4-3-5-10/h7,11H,2-6,10H2,1H3. The van der Waals surface area contributed by atoms with Crippen LogP contribution in [0.4, 0.5) is 0 Å². The van der Waals surface area contributed by atoms with Crippen LogP contribution in [0.2, 0.25) is 0 Å². The van der Waals surface area contributed by atoms with E-state index >= 15 is 0 Å². The van der Waals surface area contributed by atoms with Crippen molar-refractivity contribution in [3.05, 3.63) is 0 Å². The molecule has 3 N–H and O–H groups in total. The number of ether oxygens (including phenoxy) is 1. The summed E-state index contributed by atoms with van der Waals surface area (Å²) in [6, 6.07) is -0.0744. The molecule has 0 bridgehead atoms. The van der Waals surface area contributed by atoms with E-state index in [0.717, 1.165) is 6.42 Å². The van der Waals surface area contributed by atoms with Gasteiger partial charge in [0.2, 0.25) is 0 Å². The van der Waals surface area contributed by atoms with Crippen molar-refractivity contribution in [1.82, 2.24) is 5.32 Å². The molecule has 0 aromatic carbocycles. The molecule has 4 nitrogen and oxygen atoms in total. The van der Waals surface area contributed by atoms with E-state index in [-0.39, 0.29) is 18.0 Å². The monoisotopic (exact) mass is 208 g/mol. The van der Waals surface area contributed by atoms with Gasteiger partial charge in [0.05, 0.1) is 12.6 Å². The number of carbonyl (C=O) groups excluding carboxylic acids is 1. The van der Waals surface area contributed by atoms with Crippen LogP contribution in [-0.4, -0.2) is 31.2 Å². The van der Waals surface area contributed by atoms with Gasteiger partial charge in [0.15, 0.2) is 0 Å². The van der Waals surface area contributed by atoms with Crippen molar-refractivity contribution in [2.45, 2.75) is 25.8 Å². The van der Waals surface area contributed by atoms with Crippen LogP contribution in [0, 0.1) is 0 Å². The zero-order valence-corrected chi connectivity index (χ0v) is 8.64. The zero-order valence-electron chi connectivity index (χ0n) is 7.88. The highest BCUT2D eigenvalue weighted by Crippen LogP contribution is 1.99. The van der Waals surface area contributed by atoms with Gasteiger partial charge in [0.1, 0.15) is 6.04 Å². The quantitative estimate of drug-likeness (QED) is 0.362. The molecule has 1 unspecified atom stereocenters. The van der Waals surface area contributed by atoms with E-state index in [1.54, 1.807) is 6.92 Å². The first-order chi connectivity index (χ1) is 6.26. The van der Waals surface area contributed by atoms with Crippen molar-refractivity contribution in [2.75, 3.05) is 19.2 Å². The summed E-state index contributed by atoms with van der Waals surface area (Å²) in [4.78, 5) is 11.3. The van der Waals surface area contributed by atoms with Gasteiger partial charge in [-0.1, -0.05) is 0 Å². The molecule has 0 aliphatic carbocycles. The Morgan fingerprint density at radius 2 is 2.38 bits per heavy atom. The Labute approximate surface area is 83.8 Å². The van der Waals surface area contributed by atoms with Gasteiger partial charge in [-0.05, 0) is 26.3 Å². The Morgan fingerprint density at radius 1 is 1.69 bits per heavy atom. The average molecular weight is 209 g/mol. The third kappa shape index (κ3) is 5.85. The molecular weight excluding hydrogens is 192 g/mol. The van der Waals surface area contributed by atoms with Crippen LogP contribution in [0.3, 0.4) is 0 Å². The van der Waals surface area contributed by atoms with E-state index in [2.05, 4.69) is 5.32 Å². The SMILES string of the molecule is CCOC(=O)C(CCCN)NCCl. The summed E-state index contributed by atoms with van der Waals surface area (Å²) in [5, 5.41) is 2.84. The number of hydrogen-bond acceptors (Lipinski definition) is 4. The fourth-order valence-electron chi connectivity index (χ4n) is 0.961. The van der Waals surface area contributed by atoms with Crippen LogP contribution in [-0.2, 0) is 9.53 Å². The molecule has 13 heavy (non-hydrogen) atoms. The minimum atomic E-state index is -0.319. The molecule has 0 radical (unpaired) electrons. The lowest BCUT2D eigenvalue weighted by atomic mass is 10.1. The molecule has 0 aliphatic heterocycles. The van der Waals surface area contributed by atoms with E-state index in [1.807, 2.05) is 0 Å². The van der Waals surface area contributed by atoms with Crippen LogP contribution in [0.5, 0.6) is 0 Å². The first kappa shape index (κ1) is 12.7. The fourth-order valence-corrected chi connectivity index (χ4v) is 1.15. The summed E-state index contributed by atoms with van der Waals surface area (Å²) in [6.07, 6.45) is 1.45. The smallest absolute Gasteiger partial charge is 0.323 e. The van der Waals surface area contributed by atoms with E-state index in [4.69, 9.17) is 22.1 Å². The van der Waals surface area contributed by atoms with Crippen molar-refractivity contribution in [3.8, 4) is 0 Å². The molecule has 0 amide bonds. The third-order valence-electron chi connectivity index (χ3n) is 1.59. The predicted octanol–water partition coefficient (Wildman–Crippen LogP) is 0.443. The summed E-state index contributed by atoms with van der Waals surface area (Å²) in [5.41, 5.74) is 5.33. The van der Waals surface area contributed by atoms with Gasteiger partial charge in [-0.2, -0.15) is 0 Å². The van der Waals surface area contributed by atoms with Crippen molar-refractivity contribution in [2.24, 2.45) is 5.73 Å². The number of rotatable bonds is 7. The molecule has 5 heteroatoms. The van der Waals surface area contributed by atoms with E-state index < -0.39 is 0 Å². The normalized spacial score (nSPS) is 12.5. The van der Waals surface area contributed by atoms with Crippen LogP contribution >= 0.6 is 11.6 Å². The number of alkyl halides is 1. The van der Waals surface area contributed by atoms with E-state index in [0.29, 0.717) is 19.6 Å². The molecule has 0 aromatic rings. The molecule has 0 aromatic heterocycles. The number of carbonyl (C=O) groups is 1. The topological polar surface area (TPSA) is 64.3 Å². The van der Waals surface area contributed by atoms with Crippen molar-refractivity contribution in [3.63, 3.8) is 0 Å². The minimum absolute atomic E-state index is 0.244. The lowest BCUT2D eigenvalue weighted by Crippen LogP contribution is -2.37. The summed E-state index contributed by atoms with van der Waals surface area (Å²) < 4.78 is 4.85. The van der Waals surface area contributed by atoms with Gasteiger partial charge in [-0.15, -0.1) is 11.6 Å². The van der Waals surface area contributed by atoms with E-state index in [1.165, 1.54) is 0 Å². The Kier molecular flexibility index (Phi) is 8.08. The van der Waals surface area contributed by atoms with Crippen molar-refractivity contribution < 1.29 is 9.53 Å². The molecule has 0 fully saturated rings. The first-order valence-electron chi connectivity index (χ1n) is 4.42. The summed E-state index contributed by atoms with van der Waals surface area (Å²) in [5.74, 6) is -0.253. The molecule has 0 spiro atoms. The van der Waals surface area contributed by atoms with Gasteiger partial charge in [-0.25, -0.2) is 0 Å². The number of nitrogens with two attached hydrogens (primary N) is 1. The Hall–Kier alpha value is -0.320. The largest absolute Gasteiger partial charge is 0.465 e. The van der Waals surface area contributed by atoms with E-state index in [9.17, 15) is 4.79 Å². The second-order valence-electron chi connectivity index (χ2n) is 2.57. The summed E-state index contributed by atoms with van der Waals surface area (Å²) >= 11 is 5.47. The molecule has 78 valence electrons. The highest BCUT2D eigenvalue weighted by Gasteiger charge is 2.17. The van der Waals surface area contributed by atoms with Crippen LogP contribution in [0.1, 0.15) is 19.8 Å². The molecule has 0 saturated heterocycles. The van der Waals surface area contributed by atoms with Gasteiger partial charge in [-0.3, -0.25) is 10.1 Å². The predicted molar refractivity (Wildman–Crippen MR) is 52.6 cm³/mol. The number of halogens is 1. The van der Waals surface area contributed by atoms with Crippen molar-refractivity contribution >= 4 is 17.6 Å². The number of nitrogens with one attached hydrogen (secondary N) is 1. The Balaban J connectivity index is 3.83. The van der Waals surface area contributed by atoms with Crippen LogP contribution in [0.25, 0.3) is 0 Å². The van der Waals surface area contributed by atoms with Gasteiger partial charge in [0.25, 0.3) is 0 Å².